The number of esters is 1. The molecule has 13 heteroatoms. The van der Waals surface area contributed by atoms with Crippen LogP contribution in [0.25, 0.3) is 16.6 Å². The maximum Gasteiger partial charge on any atom is 0.412 e. The summed E-state index contributed by atoms with van der Waals surface area (Å²) < 4.78 is 55.3. The molecule has 0 atom stereocenters. The van der Waals surface area contributed by atoms with Crippen LogP contribution in [0.3, 0.4) is 0 Å². The summed E-state index contributed by atoms with van der Waals surface area (Å²) in [5, 5.41) is 13.0. The van der Waals surface area contributed by atoms with E-state index in [4.69, 9.17) is 9.47 Å². The summed E-state index contributed by atoms with van der Waals surface area (Å²) in [7, 11) is 0. The molecule has 0 bridgehead atoms. The number of ether oxygens (including phenoxy) is 2. The molecule has 0 saturated heterocycles. The second kappa shape index (κ2) is 9.91. The molecule has 3 aromatic rings. The summed E-state index contributed by atoms with van der Waals surface area (Å²) in [6, 6.07) is 1.89. The maximum atomic E-state index is 15.1. The van der Waals surface area contributed by atoms with Crippen molar-refractivity contribution in [1.29, 1.82) is 0 Å². The van der Waals surface area contributed by atoms with Gasteiger partial charge in [0.1, 0.15) is 22.8 Å². The summed E-state index contributed by atoms with van der Waals surface area (Å²) in [6.45, 7) is 7.16. The molecular formula is C24H22F3N3O7. The molecule has 2 aromatic carbocycles. The summed E-state index contributed by atoms with van der Waals surface area (Å²) in [5.74, 6) is -4.82. The fraction of sp³-hybridized carbons (Fsp3) is 0.292. The Morgan fingerprint density at radius 3 is 2.35 bits per heavy atom. The first-order chi connectivity index (χ1) is 17.2. The normalized spacial score (nSPS) is 11.4. The maximum absolute atomic E-state index is 15.1. The molecule has 0 spiro atoms. The van der Waals surface area contributed by atoms with E-state index in [-0.39, 0.29) is 12.1 Å². The number of amides is 1. The second-order valence-electron chi connectivity index (χ2n) is 8.86. The molecule has 1 heterocycles. The van der Waals surface area contributed by atoms with Crippen molar-refractivity contribution in [1.82, 2.24) is 4.57 Å². The largest absolute Gasteiger partial charge is 0.462 e. The Balaban J connectivity index is 2.39. The van der Waals surface area contributed by atoms with Crippen LogP contribution in [0.5, 0.6) is 0 Å². The highest BCUT2D eigenvalue weighted by Gasteiger charge is 2.27. The molecule has 0 aliphatic heterocycles. The third-order valence-corrected chi connectivity index (χ3v) is 5.06. The number of anilines is 1. The van der Waals surface area contributed by atoms with Gasteiger partial charge in [0.15, 0.2) is 0 Å². The summed E-state index contributed by atoms with van der Waals surface area (Å²) in [4.78, 5) is 48.0. The van der Waals surface area contributed by atoms with Gasteiger partial charge in [0.05, 0.1) is 33.8 Å². The van der Waals surface area contributed by atoms with Gasteiger partial charge in [-0.15, -0.1) is 0 Å². The van der Waals surface area contributed by atoms with Gasteiger partial charge in [-0.1, -0.05) is 0 Å². The third kappa shape index (κ3) is 5.39. The van der Waals surface area contributed by atoms with Crippen molar-refractivity contribution in [2.45, 2.75) is 40.2 Å². The SMILES string of the molecule is CCOC(=O)c1cn(-c2cc(NC(=O)OC(C)(C)C)c(F)cc2F)c2c(C)c(F)c([N+](=O)[O-])cc2c1=O. The quantitative estimate of drug-likeness (QED) is 0.279. The van der Waals surface area contributed by atoms with Gasteiger partial charge in [-0.3, -0.25) is 20.2 Å². The molecule has 196 valence electrons. The van der Waals surface area contributed by atoms with Crippen molar-refractivity contribution in [2.75, 3.05) is 11.9 Å². The highest BCUT2D eigenvalue weighted by atomic mass is 19.1. The summed E-state index contributed by atoms with van der Waals surface area (Å²) >= 11 is 0. The van der Waals surface area contributed by atoms with Crippen LogP contribution < -0.4 is 10.7 Å². The molecule has 0 fully saturated rings. The van der Waals surface area contributed by atoms with Crippen molar-refractivity contribution in [3.63, 3.8) is 0 Å². The lowest BCUT2D eigenvalue weighted by Crippen LogP contribution is -2.27. The average Bonchev–Trinajstić information content (AvgIpc) is 2.77. The fourth-order valence-electron chi connectivity index (χ4n) is 3.56. The number of nitrogens with one attached hydrogen (secondary N) is 1. The van der Waals surface area contributed by atoms with E-state index in [1.165, 1.54) is 6.92 Å². The van der Waals surface area contributed by atoms with E-state index < -0.39 is 79.0 Å². The summed E-state index contributed by atoms with van der Waals surface area (Å²) in [6.07, 6.45) is -0.201. The Morgan fingerprint density at radius 2 is 1.78 bits per heavy atom. The van der Waals surface area contributed by atoms with Crippen LogP contribution >= 0.6 is 0 Å². The van der Waals surface area contributed by atoms with Gasteiger partial charge in [-0.05, 0) is 40.7 Å². The number of rotatable bonds is 5. The zero-order valence-electron chi connectivity index (χ0n) is 20.4. The lowest BCUT2D eigenvalue weighted by atomic mass is 10.0. The fourth-order valence-corrected chi connectivity index (χ4v) is 3.56. The van der Waals surface area contributed by atoms with Crippen LogP contribution in [0.2, 0.25) is 0 Å². The van der Waals surface area contributed by atoms with Gasteiger partial charge in [-0.25, -0.2) is 18.4 Å². The first-order valence-corrected chi connectivity index (χ1v) is 10.9. The minimum absolute atomic E-state index is 0.131. The Morgan fingerprint density at radius 1 is 1.14 bits per heavy atom. The third-order valence-electron chi connectivity index (χ3n) is 5.06. The lowest BCUT2D eigenvalue weighted by molar-refractivity contribution is -0.387. The van der Waals surface area contributed by atoms with Crippen molar-refractivity contribution in [2.24, 2.45) is 0 Å². The van der Waals surface area contributed by atoms with Crippen LogP contribution in [0.15, 0.2) is 29.2 Å². The number of nitro groups is 1. The van der Waals surface area contributed by atoms with Gasteiger partial charge in [0.2, 0.25) is 11.2 Å². The molecule has 0 saturated carbocycles. The number of aromatic nitrogens is 1. The number of nitro benzene ring substituents is 1. The van der Waals surface area contributed by atoms with E-state index in [2.05, 4.69) is 5.32 Å². The smallest absolute Gasteiger partial charge is 0.412 e. The number of benzene rings is 2. The van der Waals surface area contributed by atoms with Gasteiger partial charge in [0.25, 0.3) is 0 Å². The number of nitrogens with zero attached hydrogens (tertiary/aromatic N) is 2. The number of carbonyl (C=O) groups excluding carboxylic acids is 2. The van der Waals surface area contributed by atoms with Gasteiger partial charge in [-0.2, -0.15) is 4.39 Å². The summed E-state index contributed by atoms with van der Waals surface area (Å²) in [5.41, 5.74) is -5.42. The molecule has 10 nitrogen and oxygen atoms in total. The van der Waals surface area contributed by atoms with Crippen LogP contribution in [0.4, 0.5) is 29.3 Å². The van der Waals surface area contributed by atoms with Gasteiger partial charge < -0.3 is 14.0 Å². The Bertz CT molecular complexity index is 1510. The molecule has 0 aliphatic carbocycles. The minimum Gasteiger partial charge on any atom is -0.462 e. The van der Waals surface area contributed by atoms with Crippen molar-refractivity contribution in [3.05, 3.63) is 73.3 Å². The monoisotopic (exact) mass is 521 g/mol. The number of hydrogen-bond acceptors (Lipinski definition) is 7. The second-order valence-corrected chi connectivity index (χ2v) is 8.86. The number of fused-ring (bicyclic) bond motifs is 1. The Kier molecular flexibility index (Phi) is 7.28. The molecule has 37 heavy (non-hydrogen) atoms. The van der Waals surface area contributed by atoms with Crippen LogP contribution in [0, 0.1) is 34.5 Å². The standard InChI is InChI=1S/C24H22F3N3O7/c1-6-36-22(32)13-10-29(20-11(2)19(27)18(30(34)35)7-12(20)21(13)31)17-9-16(14(25)8-15(17)26)28-23(33)37-24(3,4)5/h7-10H,6H2,1-5H3,(H,28,33). The number of hydrogen-bond donors (Lipinski definition) is 1. The number of aryl methyl sites for hydroxylation is 1. The van der Waals surface area contributed by atoms with Crippen LogP contribution in [-0.2, 0) is 9.47 Å². The van der Waals surface area contributed by atoms with E-state index in [0.29, 0.717) is 12.1 Å². The average molecular weight is 521 g/mol. The molecule has 1 N–H and O–H groups in total. The number of halogens is 3. The number of pyridine rings is 1. The first kappa shape index (κ1) is 27.2. The van der Waals surface area contributed by atoms with Crippen molar-refractivity contribution in [3.8, 4) is 5.69 Å². The van der Waals surface area contributed by atoms with Crippen molar-refractivity contribution < 1.29 is 37.2 Å². The van der Waals surface area contributed by atoms with E-state index in [1.807, 2.05) is 0 Å². The molecular weight excluding hydrogens is 499 g/mol. The van der Waals surface area contributed by atoms with Gasteiger partial charge in [0, 0.05) is 23.9 Å². The van der Waals surface area contributed by atoms with E-state index in [0.717, 1.165) is 23.8 Å². The predicted octanol–water partition coefficient (Wildman–Crippen LogP) is 5.15. The zero-order chi connectivity index (χ0) is 27.8. The Labute approximate surface area is 207 Å². The molecule has 1 amide bonds. The molecule has 0 unspecified atom stereocenters. The van der Waals surface area contributed by atoms with Crippen molar-refractivity contribution >= 4 is 34.3 Å². The Hall–Kier alpha value is -4.42. The van der Waals surface area contributed by atoms with E-state index >= 15 is 4.39 Å². The minimum atomic E-state index is -1.30. The lowest BCUT2D eigenvalue weighted by Gasteiger charge is -2.20. The van der Waals surface area contributed by atoms with Gasteiger partial charge >= 0.3 is 17.7 Å². The molecule has 0 aliphatic rings. The topological polar surface area (TPSA) is 130 Å². The first-order valence-electron chi connectivity index (χ1n) is 10.9. The predicted molar refractivity (Wildman–Crippen MR) is 127 cm³/mol. The van der Waals surface area contributed by atoms with E-state index in [1.54, 1.807) is 20.8 Å². The highest BCUT2D eigenvalue weighted by molar-refractivity contribution is 5.96. The van der Waals surface area contributed by atoms with Crippen LogP contribution in [-0.4, -0.2) is 33.8 Å². The zero-order valence-corrected chi connectivity index (χ0v) is 20.4. The molecule has 0 radical (unpaired) electrons. The van der Waals surface area contributed by atoms with E-state index in [9.17, 15) is 33.3 Å². The highest BCUT2D eigenvalue weighted by Crippen LogP contribution is 2.32. The molecule has 3 rings (SSSR count). The number of carbonyl (C=O) groups is 2. The molecule has 1 aromatic heterocycles. The van der Waals surface area contributed by atoms with Crippen LogP contribution in [0.1, 0.15) is 43.6 Å².